The molecule has 2 rings (SSSR count). The van der Waals surface area contributed by atoms with Crippen molar-refractivity contribution in [2.24, 2.45) is 0 Å². The Balaban J connectivity index is 2.61. The number of hydrogen-bond donors (Lipinski definition) is 1. The molecule has 0 amide bonds. The van der Waals surface area contributed by atoms with Gasteiger partial charge in [-0.3, -0.25) is 0 Å². The molecule has 0 bridgehead atoms. The van der Waals surface area contributed by atoms with Crippen molar-refractivity contribution in [3.63, 3.8) is 0 Å². The lowest BCUT2D eigenvalue weighted by molar-refractivity contribution is 0.325. The second-order valence-electron chi connectivity index (χ2n) is 3.36. The Bertz CT molecular complexity index is 377. The highest BCUT2D eigenvalue weighted by Crippen LogP contribution is 2.46. The summed E-state index contributed by atoms with van der Waals surface area (Å²) in [5, 5.41) is 3.29. The molecule has 1 aromatic rings. The molecule has 0 radical (unpaired) electrons. The first-order chi connectivity index (χ1) is 7.31. The summed E-state index contributed by atoms with van der Waals surface area (Å²) >= 11 is 0. The van der Waals surface area contributed by atoms with Crippen LogP contribution in [0.1, 0.15) is 5.56 Å². The third-order valence-corrected chi connectivity index (χ3v) is 2.61. The van der Waals surface area contributed by atoms with E-state index in [2.05, 4.69) is 5.32 Å². The van der Waals surface area contributed by atoms with Crippen molar-refractivity contribution >= 4 is 5.69 Å². The predicted octanol–water partition coefficient (Wildman–Crippen LogP) is 1.68. The number of nitrogens with one attached hydrogen (secondary N) is 1. The number of ether oxygens (including phenoxy) is 3. The van der Waals surface area contributed by atoms with E-state index in [1.807, 2.05) is 6.07 Å². The molecule has 4 nitrogen and oxygen atoms in total. The van der Waals surface area contributed by atoms with E-state index in [4.69, 9.17) is 14.2 Å². The molecule has 1 heterocycles. The molecular formula is C11H15NO3. The summed E-state index contributed by atoms with van der Waals surface area (Å²) in [5.74, 6) is 2.09. The van der Waals surface area contributed by atoms with Crippen molar-refractivity contribution in [3.05, 3.63) is 11.6 Å². The van der Waals surface area contributed by atoms with Crippen LogP contribution in [0.25, 0.3) is 0 Å². The summed E-state index contributed by atoms with van der Waals surface area (Å²) in [6.07, 6.45) is 0.992. The van der Waals surface area contributed by atoms with Crippen molar-refractivity contribution in [1.29, 1.82) is 0 Å². The summed E-state index contributed by atoms with van der Waals surface area (Å²) in [4.78, 5) is 0. The van der Waals surface area contributed by atoms with Crippen LogP contribution in [0, 0.1) is 0 Å². The van der Waals surface area contributed by atoms with Gasteiger partial charge >= 0.3 is 0 Å². The summed E-state index contributed by atoms with van der Waals surface area (Å²) in [6, 6.07) is 2.00. The van der Waals surface area contributed by atoms with Crippen molar-refractivity contribution in [2.45, 2.75) is 6.42 Å². The van der Waals surface area contributed by atoms with Gasteiger partial charge in [-0.15, -0.1) is 0 Å². The maximum atomic E-state index is 5.35. The zero-order valence-electron chi connectivity index (χ0n) is 9.22. The second kappa shape index (κ2) is 3.88. The minimum absolute atomic E-state index is 0.646. The molecule has 0 saturated carbocycles. The Kier molecular flexibility index (Phi) is 2.58. The molecule has 1 aliphatic heterocycles. The Hall–Kier alpha value is -1.58. The van der Waals surface area contributed by atoms with Crippen molar-refractivity contribution in [3.8, 4) is 17.2 Å². The summed E-state index contributed by atoms with van der Waals surface area (Å²) in [5.41, 5.74) is 2.24. The number of rotatable bonds is 3. The SMILES string of the molecule is COc1cc2c(c(OC)c1OC)NCC2. The van der Waals surface area contributed by atoms with E-state index < -0.39 is 0 Å². The molecular weight excluding hydrogens is 194 g/mol. The lowest BCUT2D eigenvalue weighted by Crippen LogP contribution is -1.99. The van der Waals surface area contributed by atoms with Gasteiger partial charge in [0.1, 0.15) is 0 Å². The maximum absolute atomic E-state index is 5.35. The highest BCUT2D eigenvalue weighted by molar-refractivity contribution is 5.74. The van der Waals surface area contributed by atoms with Crippen molar-refractivity contribution in [2.75, 3.05) is 33.2 Å². The third-order valence-electron chi connectivity index (χ3n) is 2.61. The largest absolute Gasteiger partial charge is 0.493 e. The molecule has 0 aliphatic carbocycles. The molecule has 15 heavy (non-hydrogen) atoms. The van der Waals surface area contributed by atoms with E-state index in [9.17, 15) is 0 Å². The quantitative estimate of drug-likeness (QED) is 0.822. The molecule has 0 atom stereocenters. The number of benzene rings is 1. The van der Waals surface area contributed by atoms with E-state index in [-0.39, 0.29) is 0 Å². The number of anilines is 1. The number of methoxy groups -OCH3 is 3. The Morgan fingerprint density at radius 3 is 2.40 bits per heavy atom. The maximum Gasteiger partial charge on any atom is 0.205 e. The minimum Gasteiger partial charge on any atom is -0.493 e. The molecule has 1 aliphatic rings. The van der Waals surface area contributed by atoms with Gasteiger partial charge in [-0.05, 0) is 18.1 Å². The fraction of sp³-hybridized carbons (Fsp3) is 0.455. The fourth-order valence-electron chi connectivity index (χ4n) is 1.92. The Morgan fingerprint density at radius 2 is 1.80 bits per heavy atom. The first-order valence-corrected chi connectivity index (χ1v) is 4.87. The van der Waals surface area contributed by atoms with Crippen LogP contribution in [-0.2, 0) is 6.42 Å². The van der Waals surface area contributed by atoms with Crippen LogP contribution >= 0.6 is 0 Å². The van der Waals surface area contributed by atoms with Crippen LogP contribution in [0.4, 0.5) is 5.69 Å². The van der Waals surface area contributed by atoms with E-state index in [1.165, 1.54) is 5.56 Å². The third kappa shape index (κ3) is 1.46. The molecule has 82 valence electrons. The Labute approximate surface area is 89.1 Å². The van der Waals surface area contributed by atoms with Gasteiger partial charge in [-0.1, -0.05) is 0 Å². The van der Waals surface area contributed by atoms with Crippen molar-refractivity contribution in [1.82, 2.24) is 0 Å². The van der Waals surface area contributed by atoms with Crippen molar-refractivity contribution < 1.29 is 14.2 Å². The standard InChI is InChI=1S/C11H15NO3/c1-13-8-6-7-4-5-12-9(7)11(15-3)10(8)14-2/h6,12H,4-5H2,1-3H3. The molecule has 0 unspecified atom stereocenters. The monoisotopic (exact) mass is 209 g/mol. The van der Waals surface area contributed by atoms with Crippen LogP contribution in [0.3, 0.4) is 0 Å². The molecule has 1 N–H and O–H groups in total. The van der Waals surface area contributed by atoms with Gasteiger partial charge in [0.05, 0.1) is 27.0 Å². The molecule has 1 aromatic carbocycles. The minimum atomic E-state index is 0.646. The number of hydrogen-bond acceptors (Lipinski definition) is 4. The number of fused-ring (bicyclic) bond motifs is 1. The van der Waals surface area contributed by atoms with Gasteiger partial charge in [0.2, 0.25) is 5.75 Å². The van der Waals surface area contributed by atoms with E-state index >= 15 is 0 Å². The van der Waals surface area contributed by atoms with Gasteiger partial charge in [0.25, 0.3) is 0 Å². The first kappa shape index (κ1) is 9.96. The molecule has 0 saturated heterocycles. The second-order valence-corrected chi connectivity index (χ2v) is 3.36. The van der Waals surface area contributed by atoms with Gasteiger partial charge < -0.3 is 19.5 Å². The van der Waals surface area contributed by atoms with Gasteiger partial charge in [-0.2, -0.15) is 0 Å². The first-order valence-electron chi connectivity index (χ1n) is 4.87. The highest BCUT2D eigenvalue weighted by Gasteiger charge is 2.23. The molecule has 0 fully saturated rings. The van der Waals surface area contributed by atoms with Gasteiger partial charge in [0, 0.05) is 6.54 Å². The van der Waals surface area contributed by atoms with E-state index in [0.717, 1.165) is 30.2 Å². The molecule has 0 aromatic heterocycles. The van der Waals surface area contributed by atoms with Crippen LogP contribution in [-0.4, -0.2) is 27.9 Å². The van der Waals surface area contributed by atoms with Crippen LogP contribution in [0.2, 0.25) is 0 Å². The van der Waals surface area contributed by atoms with Crippen LogP contribution in [0.5, 0.6) is 17.2 Å². The van der Waals surface area contributed by atoms with Gasteiger partial charge in [0.15, 0.2) is 11.5 Å². The molecule has 4 heteroatoms. The lowest BCUT2D eigenvalue weighted by Gasteiger charge is -2.15. The smallest absolute Gasteiger partial charge is 0.205 e. The zero-order chi connectivity index (χ0) is 10.8. The molecule has 0 spiro atoms. The zero-order valence-corrected chi connectivity index (χ0v) is 9.22. The fourth-order valence-corrected chi connectivity index (χ4v) is 1.92. The normalized spacial score (nSPS) is 13.0. The van der Waals surface area contributed by atoms with E-state index in [0.29, 0.717) is 5.75 Å². The topological polar surface area (TPSA) is 39.7 Å². The average molecular weight is 209 g/mol. The van der Waals surface area contributed by atoms with E-state index in [1.54, 1.807) is 21.3 Å². The summed E-state index contributed by atoms with van der Waals surface area (Å²) in [7, 11) is 4.88. The summed E-state index contributed by atoms with van der Waals surface area (Å²) in [6.45, 7) is 0.933. The highest BCUT2D eigenvalue weighted by atomic mass is 16.5. The van der Waals surface area contributed by atoms with Crippen LogP contribution in [0.15, 0.2) is 6.07 Å². The van der Waals surface area contributed by atoms with Gasteiger partial charge in [-0.25, -0.2) is 0 Å². The lowest BCUT2D eigenvalue weighted by atomic mass is 10.1. The predicted molar refractivity (Wildman–Crippen MR) is 58.3 cm³/mol. The summed E-state index contributed by atoms with van der Waals surface area (Å²) < 4.78 is 15.9. The average Bonchev–Trinajstić information content (AvgIpc) is 2.73. The van der Waals surface area contributed by atoms with Crippen LogP contribution < -0.4 is 19.5 Å². The Morgan fingerprint density at radius 1 is 1.07 bits per heavy atom.